The summed E-state index contributed by atoms with van der Waals surface area (Å²) in [6.07, 6.45) is 1.85. The van der Waals surface area contributed by atoms with Crippen molar-refractivity contribution in [3.05, 3.63) is 123 Å². The van der Waals surface area contributed by atoms with Gasteiger partial charge in [-0.25, -0.2) is 0 Å². The summed E-state index contributed by atoms with van der Waals surface area (Å²) in [6, 6.07) is 33.6. The predicted octanol–water partition coefficient (Wildman–Crippen LogP) is 8.38. The fourth-order valence-electron chi connectivity index (χ4n) is 4.30. The minimum Gasteiger partial charge on any atom is -0.288 e. The Balaban J connectivity index is 1.67. The molecule has 0 amide bonds. The van der Waals surface area contributed by atoms with E-state index >= 15 is 0 Å². The van der Waals surface area contributed by atoms with E-state index in [1.54, 1.807) is 11.3 Å². The van der Waals surface area contributed by atoms with E-state index in [-0.39, 0.29) is 5.78 Å². The van der Waals surface area contributed by atoms with Gasteiger partial charge in [0.25, 0.3) is 0 Å². The van der Waals surface area contributed by atoms with E-state index in [1.807, 2.05) is 91.1 Å². The van der Waals surface area contributed by atoms with Crippen molar-refractivity contribution >= 4 is 50.6 Å². The standard InChI is InChI=1S/C31H21N3OS2/c1-20-17-18-24(36-20)19-32-28-26-25(21-11-5-2-6-12-21)27(22-13-7-3-8-14-22)33-34-31(26)37-30(28)29(35)23-15-9-4-10-16-23/h2-19H,1H3. The quantitative estimate of drug-likeness (QED) is 0.165. The zero-order valence-corrected chi connectivity index (χ0v) is 21.6. The van der Waals surface area contributed by atoms with Crippen molar-refractivity contribution in [3.63, 3.8) is 0 Å². The van der Waals surface area contributed by atoms with Crippen molar-refractivity contribution in [2.24, 2.45) is 4.99 Å². The van der Waals surface area contributed by atoms with Crippen LogP contribution in [0, 0.1) is 6.92 Å². The minimum absolute atomic E-state index is 0.0709. The number of ketones is 1. The number of carbonyl (C=O) groups is 1. The molecule has 3 heterocycles. The zero-order chi connectivity index (χ0) is 25.2. The minimum atomic E-state index is -0.0709. The number of rotatable bonds is 6. The van der Waals surface area contributed by atoms with Crippen molar-refractivity contribution in [2.75, 3.05) is 0 Å². The van der Waals surface area contributed by atoms with E-state index < -0.39 is 0 Å². The summed E-state index contributed by atoms with van der Waals surface area (Å²) in [7, 11) is 0. The van der Waals surface area contributed by atoms with E-state index in [9.17, 15) is 4.79 Å². The smallest absolute Gasteiger partial charge is 0.205 e. The number of nitrogens with zero attached hydrogens (tertiary/aromatic N) is 3. The normalized spacial score (nSPS) is 11.4. The van der Waals surface area contributed by atoms with Crippen LogP contribution in [-0.4, -0.2) is 22.2 Å². The van der Waals surface area contributed by atoms with Crippen LogP contribution in [0.5, 0.6) is 0 Å². The number of fused-ring (bicyclic) bond motifs is 1. The molecule has 0 radical (unpaired) electrons. The second kappa shape index (κ2) is 10.0. The molecular weight excluding hydrogens is 494 g/mol. The largest absolute Gasteiger partial charge is 0.288 e. The van der Waals surface area contributed by atoms with Crippen LogP contribution in [0.25, 0.3) is 32.6 Å². The Morgan fingerprint density at radius 2 is 1.41 bits per heavy atom. The molecule has 6 heteroatoms. The zero-order valence-electron chi connectivity index (χ0n) is 20.0. The van der Waals surface area contributed by atoms with Gasteiger partial charge >= 0.3 is 0 Å². The van der Waals surface area contributed by atoms with E-state index in [0.717, 1.165) is 32.6 Å². The average Bonchev–Trinajstić information content (AvgIpc) is 3.55. The van der Waals surface area contributed by atoms with Crippen LogP contribution in [0.4, 0.5) is 5.69 Å². The number of aliphatic imine (C=N–C) groups is 1. The van der Waals surface area contributed by atoms with Crippen LogP contribution < -0.4 is 0 Å². The highest BCUT2D eigenvalue weighted by molar-refractivity contribution is 7.21. The summed E-state index contributed by atoms with van der Waals surface area (Å²) in [5.41, 5.74) is 4.90. The number of benzene rings is 3. The molecule has 178 valence electrons. The first-order valence-corrected chi connectivity index (χ1v) is 13.5. The first-order valence-electron chi connectivity index (χ1n) is 11.8. The van der Waals surface area contributed by atoms with Gasteiger partial charge in [0.05, 0.1) is 5.69 Å². The molecule has 0 saturated carbocycles. The first-order chi connectivity index (χ1) is 18.2. The van der Waals surface area contributed by atoms with Crippen LogP contribution >= 0.6 is 22.7 Å². The van der Waals surface area contributed by atoms with Gasteiger partial charge in [-0.15, -0.1) is 32.9 Å². The van der Waals surface area contributed by atoms with E-state index in [0.29, 0.717) is 21.0 Å². The highest BCUT2D eigenvalue weighted by atomic mass is 32.1. The third-order valence-electron chi connectivity index (χ3n) is 6.03. The number of hydrogen-bond acceptors (Lipinski definition) is 6. The highest BCUT2D eigenvalue weighted by Gasteiger charge is 2.25. The van der Waals surface area contributed by atoms with E-state index in [1.165, 1.54) is 16.2 Å². The molecule has 0 unspecified atom stereocenters. The molecule has 0 fully saturated rings. The molecule has 0 aliphatic rings. The molecule has 3 aromatic heterocycles. The van der Waals surface area contributed by atoms with Gasteiger partial charge in [-0.1, -0.05) is 91.0 Å². The Hall–Kier alpha value is -4.26. The second-order valence-corrected chi connectivity index (χ2v) is 10.8. The molecule has 4 nitrogen and oxygen atoms in total. The lowest BCUT2D eigenvalue weighted by Crippen LogP contribution is -1.98. The Kier molecular flexibility index (Phi) is 6.26. The van der Waals surface area contributed by atoms with Gasteiger partial charge in [0.1, 0.15) is 15.4 Å². The lowest BCUT2D eigenvalue weighted by Gasteiger charge is -2.11. The van der Waals surface area contributed by atoms with Gasteiger partial charge < -0.3 is 0 Å². The molecule has 3 aromatic carbocycles. The van der Waals surface area contributed by atoms with Crippen LogP contribution in [0.15, 0.2) is 108 Å². The molecule has 0 N–H and O–H groups in total. The molecule has 6 rings (SSSR count). The third kappa shape index (κ3) is 4.53. The number of carbonyl (C=O) groups excluding carboxylic acids is 1. The number of hydrogen-bond donors (Lipinski definition) is 0. The molecule has 0 bridgehead atoms. The van der Waals surface area contributed by atoms with Crippen molar-refractivity contribution in [1.82, 2.24) is 10.2 Å². The SMILES string of the molecule is Cc1ccc(C=Nc2c(C(=O)c3ccccc3)sc3nnc(-c4ccccc4)c(-c4ccccc4)c23)s1. The van der Waals surface area contributed by atoms with Gasteiger partial charge in [-0.3, -0.25) is 9.79 Å². The molecule has 0 atom stereocenters. The summed E-state index contributed by atoms with van der Waals surface area (Å²) in [4.78, 5) is 22.2. The summed E-state index contributed by atoms with van der Waals surface area (Å²) < 4.78 is 0. The molecule has 0 saturated heterocycles. The maximum atomic E-state index is 13.7. The summed E-state index contributed by atoms with van der Waals surface area (Å²) in [5.74, 6) is -0.0709. The average molecular weight is 516 g/mol. The molecule has 6 aromatic rings. The summed E-state index contributed by atoms with van der Waals surface area (Å²) >= 11 is 3.01. The van der Waals surface area contributed by atoms with Crippen molar-refractivity contribution < 1.29 is 4.79 Å². The van der Waals surface area contributed by atoms with Gasteiger partial charge in [0.15, 0.2) is 0 Å². The van der Waals surface area contributed by atoms with Crippen molar-refractivity contribution in [1.29, 1.82) is 0 Å². The van der Waals surface area contributed by atoms with Gasteiger partial charge in [-0.2, -0.15) is 0 Å². The first kappa shape index (κ1) is 23.2. The van der Waals surface area contributed by atoms with E-state index in [4.69, 9.17) is 4.99 Å². The number of thiophene rings is 2. The van der Waals surface area contributed by atoms with Crippen LogP contribution in [0.2, 0.25) is 0 Å². The monoisotopic (exact) mass is 515 g/mol. The molecule has 0 aliphatic heterocycles. The Bertz CT molecular complexity index is 1740. The van der Waals surface area contributed by atoms with Crippen molar-refractivity contribution in [2.45, 2.75) is 6.92 Å². The molecule has 0 aliphatic carbocycles. The topological polar surface area (TPSA) is 55.2 Å². The van der Waals surface area contributed by atoms with Crippen LogP contribution in [-0.2, 0) is 0 Å². The Labute approximate surface area is 222 Å². The van der Waals surface area contributed by atoms with Gasteiger partial charge in [-0.05, 0) is 24.6 Å². The molecular formula is C31H21N3OS2. The van der Waals surface area contributed by atoms with E-state index in [2.05, 4.69) is 35.3 Å². The maximum Gasteiger partial charge on any atom is 0.205 e. The maximum absolute atomic E-state index is 13.7. The van der Waals surface area contributed by atoms with Gasteiger partial charge in [0.2, 0.25) is 5.78 Å². The lowest BCUT2D eigenvalue weighted by atomic mass is 9.96. The summed E-state index contributed by atoms with van der Waals surface area (Å²) in [5, 5.41) is 10.1. The third-order valence-corrected chi connectivity index (χ3v) is 8.02. The molecule has 0 spiro atoms. The van der Waals surface area contributed by atoms with Crippen LogP contribution in [0.3, 0.4) is 0 Å². The Morgan fingerprint density at radius 3 is 2.05 bits per heavy atom. The fraction of sp³-hybridized carbons (Fsp3) is 0.0323. The fourth-order valence-corrected chi connectivity index (χ4v) is 6.09. The van der Waals surface area contributed by atoms with Crippen LogP contribution in [0.1, 0.15) is 25.0 Å². The lowest BCUT2D eigenvalue weighted by molar-refractivity contribution is 0.104. The molecule has 37 heavy (non-hydrogen) atoms. The number of aryl methyl sites for hydroxylation is 1. The summed E-state index contributed by atoms with van der Waals surface area (Å²) in [6.45, 7) is 2.07. The predicted molar refractivity (Wildman–Crippen MR) is 154 cm³/mol. The number of aromatic nitrogens is 2. The second-order valence-electron chi connectivity index (χ2n) is 8.52. The van der Waals surface area contributed by atoms with Gasteiger partial charge in [0, 0.05) is 38.0 Å². The highest BCUT2D eigenvalue weighted by Crippen LogP contribution is 2.46. The Morgan fingerprint density at radius 1 is 0.757 bits per heavy atom. The van der Waals surface area contributed by atoms with Crippen molar-refractivity contribution in [3.8, 4) is 22.4 Å².